The predicted molar refractivity (Wildman–Crippen MR) is 49.0 cm³/mol. The molecule has 0 heterocycles. The highest BCUT2D eigenvalue weighted by Crippen LogP contribution is 2.09. The number of nitrogens with two attached hydrogens (primary N) is 1. The Morgan fingerprint density at radius 1 is 1.73 bits per heavy atom. The van der Waals surface area contributed by atoms with E-state index in [1.807, 2.05) is 22.6 Å². The molecule has 0 saturated carbocycles. The second kappa shape index (κ2) is 4.55. The van der Waals surface area contributed by atoms with Crippen LogP contribution in [0.5, 0.6) is 0 Å². The van der Waals surface area contributed by atoms with Crippen LogP contribution in [0.3, 0.4) is 0 Å². The average molecular weight is 295 g/mol. The van der Waals surface area contributed by atoms with E-state index in [9.17, 15) is 8.42 Å². The van der Waals surface area contributed by atoms with Crippen molar-refractivity contribution in [3.8, 4) is 0 Å². The Morgan fingerprint density at radius 2 is 2.18 bits per heavy atom. The molecule has 0 rings (SSSR count). The molecule has 2 atom stereocenters. The molecule has 0 aliphatic carbocycles. The van der Waals surface area contributed by atoms with Crippen LogP contribution in [0.1, 0.15) is 6.92 Å². The number of halogens is 1. The van der Waals surface area contributed by atoms with Crippen LogP contribution in [0.2, 0.25) is 0 Å². The standard InChI is InChI=1S/C4H10INO4S/c1-3(5)4(2-6)10-11(7,8)9/h3-4H,2,6H2,1H3,(H,7,8,9). The van der Waals surface area contributed by atoms with Gasteiger partial charge >= 0.3 is 10.4 Å². The van der Waals surface area contributed by atoms with Crippen molar-refractivity contribution in [2.45, 2.75) is 17.0 Å². The summed E-state index contributed by atoms with van der Waals surface area (Å²) in [5.74, 6) is 0. The van der Waals surface area contributed by atoms with E-state index >= 15 is 0 Å². The maximum atomic E-state index is 10.2. The minimum Gasteiger partial charge on any atom is -0.328 e. The van der Waals surface area contributed by atoms with Gasteiger partial charge in [-0.3, -0.25) is 4.55 Å². The summed E-state index contributed by atoms with van der Waals surface area (Å²) in [6, 6.07) is 0. The smallest absolute Gasteiger partial charge is 0.328 e. The average Bonchev–Trinajstić information content (AvgIpc) is 1.80. The van der Waals surface area contributed by atoms with Crippen molar-refractivity contribution in [2.75, 3.05) is 6.54 Å². The highest BCUT2D eigenvalue weighted by atomic mass is 127. The zero-order valence-electron chi connectivity index (χ0n) is 5.90. The SMILES string of the molecule is CC(I)C(CN)OS(=O)(=O)O. The van der Waals surface area contributed by atoms with Gasteiger partial charge in [-0.05, 0) is 0 Å². The summed E-state index contributed by atoms with van der Waals surface area (Å²) in [4.78, 5) is 0. The normalized spacial score (nSPS) is 17.8. The molecule has 0 saturated heterocycles. The maximum absolute atomic E-state index is 10.2. The highest BCUT2D eigenvalue weighted by molar-refractivity contribution is 14.1. The molecule has 0 aliphatic heterocycles. The first kappa shape index (κ1) is 11.6. The van der Waals surface area contributed by atoms with Crippen LogP contribution in [-0.4, -0.2) is 29.5 Å². The fraction of sp³-hybridized carbons (Fsp3) is 1.00. The molecular formula is C4H10INO4S. The minimum absolute atomic E-state index is 0.0594. The third-order valence-corrected chi connectivity index (χ3v) is 2.28. The molecule has 0 radical (unpaired) electrons. The van der Waals surface area contributed by atoms with Crippen molar-refractivity contribution in [1.29, 1.82) is 0 Å². The van der Waals surface area contributed by atoms with Gasteiger partial charge < -0.3 is 5.73 Å². The zero-order chi connectivity index (χ0) is 9.07. The molecule has 0 fully saturated rings. The van der Waals surface area contributed by atoms with Crippen LogP contribution >= 0.6 is 22.6 Å². The number of alkyl halides is 1. The van der Waals surface area contributed by atoms with Gasteiger partial charge in [0.1, 0.15) is 6.10 Å². The van der Waals surface area contributed by atoms with E-state index in [1.165, 1.54) is 0 Å². The molecule has 0 aromatic heterocycles. The Kier molecular flexibility index (Phi) is 4.78. The summed E-state index contributed by atoms with van der Waals surface area (Å²) < 4.78 is 32.8. The lowest BCUT2D eigenvalue weighted by atomic mass is 10.3. The Hall–Kier alpha value is 0.560. The molecule has 0 spiro atoms. The van der Waals surface area contributed by atoms with E-state index in [1.54, 1.807) is 6.92 Å². The van der Waals surface area contributed by atoms with Crippen molar-refractivity contribution >= 4 is 33.0 Å². The summed E-state index contributed by atoms with van der Waals surface area (Å²) in [6.45, 7) is 1.80. The predicted octanol–water partition coefficient (Wildman–Crippen LogP) is -0.0434. The fourth-order valence-corrected chi connectivity index (χ4v) is 1.66. The summed E-state index contributed by atoms with van der Waals surface area (Å²) in [5.41, 5.74) is 5.18. The molecule has 0 bridgehead atoms. The van der Waals surface area contributed by atoms with Gasteiger partial charge in [0.25, 0.3) is 0 Å². The Balaban J connectivity index is 4.10. The van der Waals surface area contributed by atoms with Gasteiger partial charge in [-0.1, -0.05) is 29.5 Å². The fourth-order valence-electron chi connectivity index (χ4n) is 0.460. The molecule has 0 amide bonds. The molecule has 2 unspecified atom stereocenters. The third kappa shape index (κ3) is 5.79. The second-order valence-corrected chi connectivity index (χ2v) is 4.99. The van der Waals surface area contributed by atoms with Crippen molar-refractivity contribution in [1.82, 2.24) is 0 Å². The van der Waals surface area contributed by atoms with Gasteiger partial charge in [-0.15, -0.1) is 0 Å². The van der Waals surface area contributed by atoms with Crippen molar-refractivity contribution in [3.63, 3.8) is 0 Å². The molecule has 3 N–H and O–H groups in total. The van der Waals surface area contributed by atoms with Crippen LogP contribution in [0, 0.1) is 0 Å². The van der Waals surface area contributed by atoms with Crippen molar-refractivity contribution in [2.24, 2.45) is 5.73 Å². The summed E-state index contributed by atoms with van der Waals surface area (Å²) in [7, 11) is -4.37. The van der Waals surface area contributed by atoms with Crippen molar-refractivity contribution in [3.05, 3.63) is 0 Å². The largest absolute Gasteiger partial charge is 0.397 e. The minimum atomic E-state index is -4.37. The first-order valence-corrected chi connectivity index (χ1v) is 5.47. The summed E-state index contributed by atoms with van der Waals surface area (Å²) in [6.07, 6.45) is -0.661. The van der Waals surface area contributed by atoms with E-state index in [-0.39, 0.29) is 10.5 Å². The first-order chi connectivity index (χ1) is 4.87. The number of hydrogen-bond donors (Lipinski definition) is 2. The van der Waals surface area contributed by atoms with E-state index in [0.29, 0.717) is 0 Å². The summed E-state index contributed by atoms with van der Waals surface area (Å²) >= 11 is 1.96. The number of rotatable bonds is 4. The molecule has 5 nitrogen and oxygen atoms in total. The Labute approximate surface area is 79.4 Å². The van der Waals surface area contributed by atoms with Crippen LogP contribution < -0.4 is 5.73 Å². The van der Waals surface area contributed by atoms with Gasteiger partial charge in [-0.25, -0.2) is 4.18 Å². The van der Waals surface area contributed by atoms with Gasteiger partial charge in [0.05, 0.1) is 0 Å². The molecule has 0 aromatic carbocycles. The van der Waals surface area contributed by atoms with E-state index in [2.05, 4.69) is 4.18 Å². The monoisotopic (exact) mass is 295 g/mol. The van der Waals surface area contributed by atoms with Crippen LogP contribution in [-0.2, 0) is 14.6 Å². The van der Waals surface area contributed by atoms with Gasteiger partial charge in [0.2, 0.25) is 0 Å². The first-order valence-electron chi connectivity index (χ1n) is 2.86. The van der Waals surface area contributed by atoms with Gasteiger partial charge in [0, 0.05) is 10.5 Å². The van der Waals surface area contributed by atoms with Crippen LogP contribution in [0.15, 0.2) is 0 Å². The van der Waals surface area contributed by atoms with E-state index in [0.717, 1.165) is 0 Å². The molecule has 7 heteroatoms. The lowest BCUT2D eigenvalue weighted by Gasteiger charge is -2.14. The van der Waals surface area contributed by atoms with Gasteiger partial charge in [0.15, 0.2) is 0 Å². The molecule has 0 aromatic rings. The molecule has 68 valence electrons. The zero-order valence-corrected chi connectivity index (χ0v) is 8.87. The molecular weight excluding hydrogens is 285 g/mol. The topological polar surface area (TPSA) is 89.6 Å². The maximum Gasteiger partial charge on any atom is 0.397 e. The second-order valence-electron chi connectivity index (χ2n) is 1.98. The van der Waals surface area contributed by atoms with Crippen LogP contribution in [0.25, 0.3) is 0 Å². The Morgan fingerprint density at radius 3 is 2.27 bits per heavy atom. The molecule has 11 heavy (non-hydrogen) atoms. The molecule has 0 aliphatic rings. The summed E-state index contributed by atoms with van der Waals surface area (Å²) in [5, 5.41) is 0. The number of hydrogen-bond acceptors (Lipinski definition) is 4. The van der Waals surface area contributed by atoms with Crippen LogP contribution in [0.4, 0.5) is 0 Å². The quantitative estimate of drug-likeness (QED) is 0.431. The van der Waals surface area contributed by atoms with Crippen molar-refractivity contribution < 1.29 is 17.2 Å². The van der Waals surface area contributed by atoms with Gasteiger partial charge in [-0.2, -0.15) is 8.42 Å². The highest BCUT2D eigenvalue weighted by Gasteiger charge is 2.19. The van der Waals surface area contributed by atoms with E-state index in [4.69, 9.17) is 10.3 Å². The lowest BCUT2D eigenvalue weighted by Crippen LogP contribution is -2.32. The lowest BCUT2D eigenvalue weighted by molar-refractivity contribution is 0.192. The third-order valence-electron chi connectivity index (χ3n) is 0.990. The van der Waals surface area contributed by atoms with E-state index < -0.39 is 16.5 Å². The Bertz CT molecular complexity index is 202.